The van der Waals surface area contributed by atoms with Gasteiger partial charge in [-0.25, -0.2) is 4.98 Å². The van der Waals surface area contributed by atoms with Crippen molar-refractivity contribution in [2.45, 2.75) is 6.18 Å². The number of nitrogens with one attached hydrogen (secondary N) is 1. The third kappa shape index (κ3) is 3.44. The van der Waals surface area contributed by atoms with E-state index in [1.54, 1.807) is 0 Å². The lowest BCUT2D eigenvalue weighted by Gasteiger charge is -2.13. The van der Waals surface area contributed by atoms with Crippen molar-refractivity contribution >= 4 is 33.1 Å². The molecule has 0 fully saturated rings. The highest BCUT2D eigenvalue weighted by Crippen LogP contribution is 2.36. The first-order valence-electron chi connectivity index (χ1n) is 5.60. The summed E-state index contributed by atoms with van der Waals surface area (Å²) in [4.78, 5) is 3.91. The topological polar surface area (TPSA) is 74.7 Å². The molecule has 0 amide bonds. The Bertz CT molecular complexity index is 722. The van der Waals surface area contributed by atoms with Gasteiger partial charge in [0.2, 0.25) is 0 Å². The lowest BCUT2D eigenvalue weighted by molar-refractivity contribution is -0.138. The van der Waals surface area contributed by atoms with E-state index >= 15 is 0 Å². The number of benzene rings is 1. The molecule has 0 bridgehead atoms. The fourth-order valence-corrected chi connectivity index (χ4v) is 2.09. The predicted octanol–water partition coefficient (Wildman–Crippen LogP) is 4.06. The molecule has 0 spiro atoms. The van der Waals surface area contributed by atoms with Gasteiger partial charge in [0.1, 0.15) is 11.9 Å². The summed E-state index contributed by atoms with van der Waals surface area (Å²) in [5.74, 6) is 0.141. The molecule has 4 nitrogen and oxygen atoms in total. The fourth-order valence-electron chi connectivity index (χ4n) is 1.62. The SMILES string of the molecule is N#Cc1cc(N)cnc1Nc1ccc(Br)c(C(F)(F)F)c1. The largest absolute Gasteiger partial charge is 0.417 e. The van der Waals surface area contributed by atoms with Crippen molar-refractivity contribution in [3.63, 3.8) is 0 Å². The van der Waals surface area contributed by atoms with Crippen LogP contribution in [0, 0.1) is 11.3 Å². The molecule has 2 aromatic rings. The van der Waals surface area contributed by atoms with E-state index in [1.165, 1.54) is 24.4 Å². The van der Waals surface area contributed by atoms with Crippen molar-refractivity contribution in [2.24, 2.45) is 0 Å². The second kappa shape index (κ2) is 5.61. The van der Waals surface area contributed by atoms with Crippen LogP contribution in [0.15, 0.2) is 34.9 Å². The molecule has 0 unspecified atom stereocenters. The van der Waals surface area contributed by atoms with Crippen LogP contribution in [-0.2, 0) is 6.18 Å². The smallest absolute Gasteiger partial charge is 0.397 e. The third-order valence-corrected chi connectivity index (χ3v) is 3.26. The molecule has 0 aliphatic rings. The molecule has 3 N–H and O–H groups in total. The second-order valence-electron chi connectivity index (χ2n) is 4.09. The third-order valence-electron chi connectivity index (χ3n) is 2.56. The summed E-state index contributed by atoms with van der Waals surface area (Å²) in [6.45, 7) is 0. The number of nitriles is 1. The van der Waals surface area contributed by atoms with Gasteiger partial charge in [-0.15, -0.1) is 0 Å². The number of anilines is 3. The molecule has 0 radical (unpaired) electrons. The summed E-state index contributed by atoms with van der Waals surface area (Å²) in [5, 5.41) is 11.7. The molecule has 0 saturated carbocycles. The molecule has 0 aliphatic carbocycles. The number of hydrogen-bond donors (Lipinski definition) is 2. The van der Waals surface area contributed by atoms with E-state index < -0.39 is 11.7 Å². The Hall–Kier alpha value is -2.27. The van der Waals surface area contributed by atoms with Crippen LogP contribution in [0.25, 0.3) is 0 Å². The van der Waals surface area contributed by atoms with Crippen molar-refractivity contribution in [2.75, 3.05) is 11.1 Å². The van der Waals surface area contributed by atoms with Crippen LogP contribution in [0.3, 0.4) is 0 Å². The quantitative estimate of drug-likeness (QED) is 0.850. The van der Waals surface area contributed by atoms with Crippen LogP contribution in [0.5, 0.6) is 0 Å². The number of aromatic nitrogens is 1. The van der Waals surface area contributed by atoms with E-state index in [4.69, 9.17) is 11.0 Å². The molecule has 1 aromatic heterocycles. The summed E-state index contributed by atoms with van der Waals surface area (Å²) in [7, 11) is 0. The minimum atomic E-state index is -4.48. The summed E-state index contributed by atoms with van der Waals surface area (Å²) in [6, 6.07) is 6.91. The average Bonchev–Trinajstić information content (AvgIpc) is 2.41. The van der Waals surface area contributed by atoms with Gasteiger partial charge in [0.25, 0.3) is 0 Å². The summed E-state index contributed by atoms with van der Waals surface area (Å²) in [6.07, 6.45) is -3.17. The van der Waals surface area contributed by atoms with Crippen LogP contribution in [0.4, 0.5) is 30.4 Å². The fraction of sp³-hybridized carbons (Fsp3) is 0.0769. The van der Waals surface area contributed by atoms with Crippen molar-refractivity contribution in [1.29, 1.82) is 5.26 Å². The molecule has 2 rings (SSSR count). The molecule has 108 valence electrons. The van der Waals surface area contributed by atoms with Gasteiger partial charge in [-0.05, 0) is 24.3 Å². The van der Waals surface area contributed by atoms with Gasteiger partial charge in [-0.3, -0.25) is 0 Å². The van der Waals surface area contributed by atoms with E-state index in [-0.39, 0.29) is 21.5 Å². The number of nitrogen functional groups attached to an aromatic ring is 1. The zero-order chi connectivity index (χ0) is 15.6. The van der Waals surface area contributed by atoms with Gasteiger partial charge in [0.05, 0.1) is 23.0 Å². The maximum atomic E-state index is 12.8. The van der Waals surface area contributed by atoms with E-state index in [2.05, 4.69) is 26.2 Å². The summed E-state index contributed by atoms with van der Waals surface area (Å²) >= 11 is 2.86. The monoisotopic (exact) mass is 356 g/mol. The normalized spacial score (nSPS) is 11.0. The lowest BCUT2D eigenvalue weighted by atomic mass is 10.2. The highest BCUT2D eigenvalue weighted by molar-refractivity contribution is 9.10. The number of nitrogens with zero attached hydrogens (tertiary/aromatic N) is 2. The van der Waals surface area contributed by atoms with Gasteiger partial charge in [0.15, 0.2) is 0 Å². The summed E-state index contributed by atoms with van der Waals surface area (Å²) < 4.78 is 38.4. The Kier molecular flexibility index (Phi) is 4.04. The first-order chi connectivity index (χ1) is 9.81. The lowest BCUT2D eigenvalue weighted by Crippen LogP contribution is -2.07. The Labute approximate surface area is 126 Å². The first kappa shape index (κ1) is 15.1. The standard InChI is InChI=1S/C13H8BrF3N4/c14-11-2-1-9(4-10(11)13(15,16)17)21-12-7(5-18)3-8(19)6-20-12/h1-4,6H,19H2,(H,20,21). The number of pyridine rings is 1. The van der Waals surface area contributed by atoms with Crippen LogP contribution >= 0.6 is 15.9 Å². The maximum Gasteiger partial charge on any atom is 0.417 e. The molecule has 0 aliphatic heterocycles. The minimum Gasteiger partial charge on any atom is -0.397 e. The predicted molar refractivity (Wildman–Crippen MR) is 75.8 cm³/mol. The van der Waals surface area contributed by atoms with Gasteiger partial charge in [-0.2, -0.15) is 18.4 Å². The van der Waals surface area contributed by atoms with Crippen LogP contribution in [-0.4, -0.2) is 4.98 Å². The van der Waals surface area contributed by atoms with E-state index in [0.717, 1.165) is 6.07 Å². The van der Waals surface area contributed by atoms with Gasteiger partial charge in [-0.1, -0.05) is 15.9 Å². The molecule has 1 aromatic carbocycles. The highest BCUT2D eigenvalue weighted by Gasteiger charge is 2.33. The van der Waals surface area contributed by atoms with E-state index in [9.17, 15) is 13.2 Å². The molecule has 21 heavy (non-hydrogen) atoms. The number of alkyl halides is 3. The Balaban J connectivity index is 2.40. The Morgan fingerprint density at radius 1 is 1.29 bits per heavy atom. The number of halogens is 4. The van der Waals surface area contributed by atoms with Crippen LogP contribution in [0.1, 0.15) is 11.1 Å². The number of hydrogen-bond acceptors (Lipinski definition) is 4. The second-order valence-corrected chi connectivity index (χ2v) is 4.95. The van der Waals surface area contributed by atoms with E-state index in [1.807, 2.05) is 6.07 Å². The number of nitrogens with two attached hydrogens (primary N) is 1. The van der Waals surface area contributed by atoms with Crippen LogP contribution in [0.2, 0.25) is 0 Å². The zero-order valence-corrected chi connectivity index (χ0v) is 12.0. The zero-order valence-electron chi connectivity index (χ0n) is 10.4. The van der Waals surface area contributed by atoms with Crippen molar-refractivity contribution in [1.82, 2.24) is 4.98 Å². The molecular formula is C13H8BrF3N4. The molecule has 0 atom stereocenters. The molecule has 8 heteroatoms. The molecular weight excluding hydrogens is 349 g/mol. The Morgan fingerprint density at radius 3 is 2.62 bits per heavy atom. The van der Waals surface area contributed by atoms with Gasteiger partial charge < -0.3 is 11.1 Å². The molecule has 1 heterocycles. The first-order valence-corrected chi connectivity index (χ1v) is 6.40. The minimum absolute atomic E-state index is 0.0636. The summed E-state index contributed by atoms with van der Waals surface area (Å²) in [5.41, 5.74) is 5.29. The van der Waals surface area contributed by atoms with Crippen molar-refractivity contribution in [3.05, 3.63) is 46.1 Å². The van der Waals surface area contributed by atoms with Gasteiger partial charge >= 0.3 is 6.18 Å². The van der Waals surface area contributed by atoms with Crippen LogP contribution < -0.4 is 11.1 Å². The Morgan fingerprint density at radius 2 is 2.00 bits per heavy atom. The van der Waals surface area contributed by atoms with Crippen molar-refractivity contribution < 1.29 is 13.2 Å². The van der Waals surface area contributed by atoms with Crippen molar-refractivity contribution in [3.8, 4) is 6.07 Å². The highest BCUT2D eigenvalue weighted by atomic mass is 79.9. The molecule has 0 saturated heterocycles. The van der Waals surface area contributed by atoms with Gasteiger partial charge in [0, 0.05) is 10.2 Å². The average molecular weight is 357 g/mol. The van der Waals surface area contributed by atoms with E-state index in [0.29, 0.717) is 5.69 Å². The maximum absolute atomic E-state index is 12.8. The number of rotatable bonds is 2.